The van der Waals surface area contributed by atoms with Gasteiger partial charge >= 0.3 is 26.2 Å². The van der Waals surface area contributed by atoms with Crippen molar-refractivity contribution in [3.8, 4) is 0 Å². The molecule has 0 fully saturated rings. The van der Waals surface area contributed by atoms with E-state index < -0.39 is 0 Å². The second-order valence-corrected chi connectivity index (χ2v) is 6.29. The number of benzene rings is 2. The standard InChI is InChI=1S/C13H9.C6H7.C2H6Si.Zr.2H/c1-3-7-12-10(5-1)9-11-6-2-4-8-13(11)12;1-6-4-2-3-5-6;1-3-2;;;/h1-9H;2,4H,3H2,1H3;1-2H3;;;/q2*-1;;+4;2*-1. The van der Waals surface area contributed by atoms with Gasteiger partial charge in [0.15, 0.2) is 0 Å². The molecule has 1 aliphatic carbocycles. The Balaban J connectivity index is 0. The fourth-order valence-corrected chi connectivity index (χ4v) is 2.42. The first-order valence-electron chi connectivity index (χ1n) is 7.62. The van der Waals surface area contributed by atoms with Crippen LogP contribution < -0.4 is 0 Å². The van der Waals surface area contributed by atoms with Gasteiger partial charge in [-0.15, -0.1) is 46.2 Å². The predicted octanol–water partition coefficient (Wildman–Crippen LogP) is 6.42. The molecule has 0 unspecified atom stereocenters. The quantitative estimate of drug-likeness (QED) is 0.304. The molecule has 0 N–H and O–H groups in total. The van der Waals surface area contributed by atoms with Crippen molar-refractivity contribution in [2.75, 3.05) is 0 Å². The van der Waals surface area contributed by atoms with Crippen LogP contribution >= 0.6 is 0 Å². The molecule has 23 heavy (non-hydrogen) atoms. The Labute approximate surface area is 164 Å². The SMILES string of the molecule is CC1=[C-]CC=C1.C[Si]C.[H-].[H-].[Zr+4].c1ccc2c(c1)[cH-]c1ccccc12. The van der Waals surface area contributed by atoms with Gasteiger partial charge in [-0.05, 0) is 0 Å². The van der Waals surface area contributed by atoms with E-state index >= 15 is 0 Å². The summed E-state index contributed by atoms with van der Waals surface area (Å²) < 4.78 is 0. The number of allylic oxidation sites excluding steroid dienone is 4. The van der Waals surface area contributed by atoms with Crippen molar-refractivity contribution >= 4 is 31.1 Å². The fraction of sp³-hybridized carbons (Fsp3) is 0.190. The third-order valence-corrected chi connectivity index (χ3v) is 3.39. The van der Waals surface area contributed by atoms with Gasteiger partial charge in [0.2, 0.25) is 0 Å². The molecule has 116 valence electrons. The summed E-state index contributed by atoms with van der Waals surface area (Å²) in [6.07, 6.45) is 8.33. The van der Waals surface area contributed by atoms with Crippen LogP contribution in [-0.2, 0) is 26.2 Å². The monoisotopic (exact) mass is 394 g/mol. The van der Waals surface area contributed by atoms with Crippen LogP contribution in [0.4, 0.5) is 0 Å². The molecule has 0 aliphatic heterocycles. The topological polar surface area (TPSA) is 0 Å². The number of hydrogen-bond donors (Lipinski definition) is 0. The third kappa shape index (κ3) is 5.79. The van der Waals surface area contributed by atoms with Gasteiger partial charge < -0.3 is 2.85 Å². The van der Waals surface area contributed by atoms with E-state index in [1.807, 2.05) is 0 Å². The van der Waals surface area contributed by atoms with E-state index in [1.165, 1.54) is 27.1 Å². The average molecular weight is 396 g/mol. The van der Waals surface area contributed by atoms with Crippen molar-refractivity contribution in [3.63, 3.8) is 0 Å². The van der Waals surface area contributed by atoms with Crippen LogP contribution in [0.1, 0.15) is 16.2 Å². The molecule has 0 atom stereocenters. The largest absolute Gasteiger partial charge is 4.00 e. The van der Waals surface area contributed by atoms with Crippen molar-refractivity contribution in [3.05, 3.63) is 78.4 Å². The molecule has 2 heteroatoms. The Morgan fingerprint density at radius 3 is 1.78 bits per heavy atom. The van der Waals surface area contributed by atoms with Gasteiger partial charge in [-0.25, -0.2) is 11.6 Å². The molecule has 0 saturated carbocycles. The summed E-state index contributed by atoms with van der Waals surface area (Å²) in [6, 6.07) is 19.3. The van der Waals surface area contributed by atoms with Crippen LogP contribution in [0.3, 0.4) is 0 Å². The third-order valence-electron chi connectivity index (χ3n) is 3.39. The Morgan fingerprint density at radius 1 is 0.957 bits per heavy atom. The van der Waals surface area contributed by atoms with E-state index in [-0.39, 0.29) is 29.1 Å². The summed E-state index contributed by atoms with van der Waals surface area (Å²) in [5.74, 6) is 0. The van der Waals surface area contributed by atoms with Gasteiger partial charge in [-0.1, -0.05) is 56.4 Å². The van der Waals surface area contributed by atoms with Crippen LogP contribution in [-0.4, -0.2) is 9.52 Å². The molecule has 4 rings (SSSR count). The number of hydrogen-bond acceptors (Lipinski definition) is 0. The van der Waals surface area contributed by atoms with Gasteiger partial charge in [0.05, 0.1) is 0 Å². The van der Waals surface area contributed by atoms with Crippen molar-refractivity contribution in [1.29, 1.82) is 0 Å². The minimum absolute atomic E-state index is 0. The molecule has 0 saturated heterocycles. The van der Waals surface area contributed by atoms with Gasteiger partial charge in [0, 0.05) is 9.52 Å². The zero-order chi connectivity index (χ0) is 15.8. The van der Waals surface area contributed by atoms with Crippen molar-refractivity contribution in [1.82, 2.24) is 0 Å². The van der Waals surface area contributed by atoms with E-state index in [2.05, 4.69) is 92.8 Å². The van der Waals surface area contributed by atoms with Crippen molar-refractivity contribution in [2.45, 2.75) is 26.4 Å². The normalized spacial score (nSPS) is 11.9. The zero-order valence-electron chi connectivity index (χ0n) is 16.1. The van der Waals surface area contributed by atoms with Gasteiger partial charge in [0.1, 0.15) is 0 Å². The van der Waals surface area contributed by atoms with E-state index in [4.69, 9.17) is 0 Å². The van der Waals surface area contributed by atoms with Crippen LogP contribution in [0.15, 0.2) is 72.3 Å². The van der Waals surface area contributed by atoms with E-state index in [9.17, 15) is 0 Å². The second-order valence-electron chi connectivity index (χ2n) is 5.29. The van der Waals surface area contributed by atoms with Gasteiger partial charge in [-0.2, -0.15) is 6.08 Å². The van der Waals surface area contributed by atoms with E-state index in [0.29, 0.717) is 0 Å². The molecule has 0 spiro atoms. The number of rotatable bonds is 0. The maximum absolute atomic E-state index is 3.12. The summed E-state index contributed by atoms with van der Waals surface area (Å²) in [4.78, 5) is 0. The minimum Gasteiger partial charge on any atom is -1.00 e. The first kappa shape index (κ1) is 19.9. The molecular weight excluding hydrogens is 372 g/mol. The molecule has 3 aromatic rings. The van der Waals surface area contributed by atoms with Gasteiger partial charge in [-0.3, -0.25) is 6.08 Å². The molecule has 0 heterocycles. The minimum atomic E-state index is 0. The maximum Gasteiger partial charge on any atom is 4.00 e. The molecule has 0 bridgehead atoms. The summed E-state index contributed by atoms with van der Waals surface area (Å²) >= 11 is 0. The first-order chi connectivity index (χ1) is 10.8. The Kier molecular flexibility index (Phi) is 9.21. The van der Waals surface area contributed by atoms with Crippen molar-refractivity contribution < 1.29 is 29.1 Å². The molecule has 3 aromatic carbocycles. The van der Waals surface area contributed by atoms with Crippen LogP contribution in [0.25, 0.3) is 21.5 Å². The first-order valence-corrected chi connectivity index (χ1v) is 9.62. The molecule has 0 aromatic heterocycles. The second kappa shape index (κ2) is 10.6. The maximum atomic E-state index is 3.12. The van der Waals surface area contributed by atoms with Crippen LogP contribution in [0.5, 0.6) is 0 Å². The van der Waals surface area contributed by atoms with Crippen LogP contribution in [0, 0.1) is 6.08 Å². The zero-order valence-corrected chi connectivity index (χ0v) is 17.5. The molecular formula is C21H24SiZr. The molecule has 0 nitrogen and oxygen atoms in total. The Morgan fingerprint density at radius 2 is 1.43 bits per heavy atom. The van der Waals surface area contributed by atoms with E-state index in [1.54, 1.807) is 0 Å². The number of fused-ring (bicyclic) bond motifs is 3. The smallest absolute Gasteiger partial charge is 1.00 e. The van der Waals surface area contributed by atoms with Gasteiger partial charge in [0.25, 0.3) is 0 Å². The molecule has 0 amide bonds. The van der Waals surface area contributed by atoms with Crippen LogP contribution in [0.2, 0.25) is 13.1 Å². The predicted molar refractivity (Wildman–Crippen MR) is 103 cm³/mol. The average Bonchev–Trinajstić information content (AvgIpc) is 3.15. The fourth-order valence-electron chi connectivity index (χ4n) is 2.42. The van der Waals surface area contributed by atoms with Crippen molar-refractivity contribution in [2.24, 2.45) is 0 Å². The summed E-state index contributed by atoms with van der Waals surface area (Å²) in [6.45, 7) is 6.36. The summed E-state index contributed by atoms with van der Waals surface area (Å²) in [7, 11) is 1.08. The summed E-state index contributed by atoms with van der Waals surface area (Å²) in [5, 5.41) is 5.39. The summed E-state index contributed by atoms with van der Waals surface area (Å²) in [5.41, 5.74) is 1.27. The van der Waals surface area contributed by atoms with E-state index in [0.717, 1.165) is 15.9 Å². The Bertz CT molecular complexity index is 738. The molecule has 1 aliphatic rings. The molecule has 2 radical (unpaired) electrons. The Hall–Kier alpha value is -1.11.